The van der Waals surface area contributed by atoms with E-state index in [1.807, 2.05) is 44.2 Å². The molecule has 0 spiro atoms. The lowest BCUT2D eigenvalue weighted by atomic mass is 10.2. The molecular formula is C17H26NO5PS2. The lowest BCUT2D eigenvalue weighted by Crippen LogP contribution is -2.45. The summed E-state index contributed by atoms with van der Waals surface area (Å²) in [6, 6.07) is 8.08. The van der Waals surface area contributed by atoms with Crippen LogP contribution in [0.5, 0.6) is 0 Å². The summed E-state index contributed by atoms with van der Waals surface area (Å²) in [5.41, 5.74) is -2.03. The van der Waals surface area contributed by atoms with E-state index in [1.165, 1.54) is 22.8 Å². The topological polar surface area (TPSA) is 83.9 Å². The molecule has 1 rings (SSSR count). The van der Waals surface area contributed by atoms with Crippen LogP contribution in [-0.2, 0) is 20.7 Å². The Kier molecular flexibility index (Phi) is 10.2. The summed E-state index contributed by atoms with van der Waals surface area (Å²) >= 11 is 2.56. The molecule has 9 heteroatoms. The van der Waals surface area contributed by atoms with Gasteiger partial charge in [-0.25, -0.2) is 9.59 Å². The second-order valence-corrected chi connectivity index (χ2v) is 14.3. The van der Waals surface area contributed by atoms with Gasteiger partial charge in [-0.3, -0.25) is 9.46 Å². The third kappa shape index (κ3) is 7.25. The van der Waals surface area contributed by atoms with Gasteiger partial charge in [0, 0.05) is 0 Å². The zero-order valence-electron chi connectivity index (χ0n) is 15.3. The first kappa shape index (κ1) is 22.9. The average molecular weight is 420 g/mol. The van der Waals surface area contributed by atoms with Crippen molar-refractivity contribution in [1.29, 1.82) is 0 Å². The minimum atomic E-state index is -2.84. The van der Waals surface area contributed by atoms with Gasteiger partial charge in [0.2, 0.25) is 5.55 Å². The molecule has 26 heavy (non-hydrogen) atoms. The van der Waals surface area contributed by atoms with E-state index in [9.17, 15) is 19.3 Å². The van der Waals surface area contributed by atoms with Crippen molar-refractivity contribution in [1.82, 2.24) is 4.90 Å². The van der Waals surface area contributed by atoms with Crippen LogP contribution in [0.15, 0.2) is 30.3 Å². The summed E-state index contributed by atoms with van der Waals surface area (Å²) in [6.07, 6.45) is -0.664. The van der Waals surface area contributed by atoms with Crippen LogP contribution < -0.4 is 0 Å². The normalized spacial score (nSPS) is 12.4. The molecule has 1 amide bonds. The van der Waals surface area contributed by atoms with Gasteiger partial charge in [0.15, 0.2) is 0 Å². The van der Waals surface area contributed by atoms with Crippen molar-refractivity contribution in [2.75, 3.05) is 17.8 Å². The fourth-order valence-corrected chi connectivity index (χ4v) is 10.4. The molecule has 146 valence electrons. The number of rotatable bonds is 11. The molecule has 0 heterocycles. The number of aliphatic carboxylic acids is 1. The zero-order valence-corrected chi connectivity index (χ0v) is 17.8. The Labute approximate surface area is 162 Å². The molecule has 0 aromatic heterocycles. The molecule has 1 N–H and O–H groups in total. The fourth-order valence-electron chi connectivity index (χ4n) is 2.31. The predicted molar refractivity (Wildman–Crippen MR) is 109 cm³/mol. The van der Waals surface area contributed by atoms with E-state index in [2.05, 4.69) is 0 Å². The molecule has 0 radical (unpaired) electrons. The number of ether oxygens (including phenoxy) is 1. The van der Waals surface area contributed by atoms with E-state index in [4.69, 9.17) is 4.74 Å². The summed E-state index contributed by atoms with van der Waals surface area (Å²) < 4.78 is 18.4. The number of hydrogen-bond acceptors (Lipinski definition) is 6. The van der Waals surface area contributed by atoms with Crippen LogP contribution >= 0.6 is 28.3 Å². The molecule has 1 unspecified atom stereocenters. The first-order valence-electron chi connectivity index (χ1n) is 8.45. The van der Waals surface area contributed by atoms with E-state index in [1.54, 1.807) is 6.92 Å². The number of amides is 1. The van der Waals surface area contributed by atoms with Crippen LogP contribution in [0.3, 0.4) is 0 Å². The van der Waals surface area contributed by atoms with Crippen LogP contribution in [0.4, 0.5) is 4.79 Å². The van der Waals surface area contributed by atoms with Crippen molar-refractivity contribution in [3.05, 3.63) is 35.9 Å². The number of carbonyl (C=O) groups is 2. The maximum absolute atomic E-state index is 13.1. The second-order valence-electron chi connectivity index (χ2n) is 5.36. The molecule has 1 atom stereocenters. The summed E-state index contributed by atoms with van der Waals surface area (Å²) in [5.74, 6) is 0.126. The summed E-state index contributed by atoms with van der Waals surface area (Å²) in [7, 11) is 0. The standard InChI is InChI=1S/C17H26NO5PS2/c1-4-15(16(19)20)18(13-24(22,25-5-2)26-6-3)17(21)23-12-14-10-8-7-9-11-14/h7-11,15H,4-6,12-13H2,1-3H3,(H,19,20). The van der Waals surface area contributed by atoms with Gasteiger partial charge in [-0.2, -0.15) is 0 Å². The number of carbonyl (C=O) groups excluding carboxylic acids is 1. The number of carboxylic acid groups (broad SMARTS) is 1. The molecule has 0 saturated carbocycles. The van der Waals surface area contributed by atoms with Gasteiger partial charge >= 0.3 is 12.1 Å². The molecular weight excluding hydrogens is 393 g/mol. The van der Waals surface area contributed by atoms with Gasteiger partial charge in [0.05, 0.1) is 6.29 Å². The van der Waals surface area contributed by atoms with Crippen molar-refractivity contribution in [3.63, 3.8) is 0 Å². The smallest absolute Gasteiger partial charge is 0.411 e. The van der Waals surface area contributed by atoms with Crippen molar-refractivity contribution >= 4 is 40.4 Å². The minimum absolute atomic E-state index is 0.0400. The molecule has 0 fully saturated rings. The van der Waals surface area contributed by atoms with Gasteiger partial charge in [-0.1, -0.05) is 73.9 Å². The van der Waals surface area contributed by atoms with Crippen molar-refractivity contribution < 1.29 is 24.0 Å². The van der Waals surface area contributed by atoms with E-state index >= 15 is 0 Å². The third-order valence-electron chi connectivity index (χ3n) is 3.46. The highest BCUT2D eigenvalue weighted by Gasteiger charge is 2.36. The molecule has 0 aliphatic carbocycles. The van der Waals surface area contributed by atoms with E-state index < -0.39 is 23.7 Å². The monoisotopic (exact) mass is 419 g/mol. The maximum atomic E-state index is 13.1. The largest absolute Gasteiger partial charge is 0.480 e. The quantitative estimate of drug-likeness (QED) is 0.497. The highest BCUT2D eigenvalue weighted by atomic mass is 33.1. The number of nitrogens with zero attached hydrogens (tertiary/aromatic N) is 1. The van der Waals surface area contributed by atoms with Crippen molar-refractivity contribution in [2.24, 2.45) is 0 Å². The van der Waals surface area contributed by atoms with Gasteiger partial charge in [0.1, 0.15) is 12.6 Å². The van der Waals surface area contributed by atoms with Crippen molar-refractivity contribution in [2.45, 2.75) is 39.8 Å². The molecule has 6 nitrogen and oxygen atoms in total. The lowest BCUT2D eigenvalue weighted by Gasteiger charge is -2.30. The molecule has 0 bridgehead atoms. The summed E-state index contributed by atoms with van der Waals surface area (Å²) in [4.78, 5) is 25.3. The second kappa shape index (κ2) is 11.6. The van der Waals surface area contributed by atoms with Gasteiger partial charge < -0.3 is 9.84 Å². The molecule has 0 saturated heterocycles. The Hall–Kier alpha value is -1.11. The molecule has 0 aliphatic heterocycles. The van der Waals surface area contributed by atoms with Crippen LogP contribution in [0, 0.1) is 0 Å². The van der Waals surface area contributed by atoms with Crippen LogP contribution in [0.25, 0.3) is 0 Å². The first-order valence-corrected chi connectivity index (χ1v) is 13.5. The summed E-state index contributed by atoms with van der Waals surface area (Å²) in [6.45, 7) is 5.50. The maximum Gasteiger partial charge on any atom is 0.411 e. The van der Waals surface area contributed by atoms with E-state index in [0.717, 1.165) is 10.5 Å². The Morgan fingerprint density at radius 3 is 2.19 bits per heavy atom. The Bertz CT molecular complexity index is 619. The van der Waals surface area contributed by atoms with Gasteiger partial charge in [0.25, 0.3) is 0 Å². The van der Waals surface area contributed by atoms with Crippen molar-refractivity contribution in [3.8, 4) is 0 Å². The Balaban J connectivity index is 2.97. The van der Waals surface area contributed by atoms with Crippen LogP contribution in [0.2, 0.25) is 0 Å². The van der Waals surface area contributed by atoms with E-state index in [0.29, 0.717) is 11.5 Å². The number of hydrogen-bond donors (Lipinski definition) is 1. The molecule has 1 aromatic rings. The highest BCUT2D eigenvalue weighted by molar-refractivity contribution is 8.90. The fraction of sp³-hybridized carbons (Fsp3) is 0.529. The lowest BCUT2D eigenvalue weighted by molar-refractivity contribution is -0.142. The van der Waals surface area contributed by atoms with Gasteiger partial charge in [-0.05, 0) is 23.5 Å². The average Bonchev–Trinajstić information content (AvgIpc) is 2.60. The van der Waals surface area contributed by atoms with Crippen LogP contribution in [-0.4, -0.2) is 45.9 Å². The summed E-state index contributed by atoms with van der Waals surface area (Å²) in [5, 5.41) is 9.48. The SMILES string of the molecule is CCSP(=O)(CN(C(=O)OCc1ccccc1)C(CC)C(=O)O)SCC. The molecule has 1 aromatic carbocycles. The first-order chi connectivity index (χ1) is 12.4. The number of benzene rings is 1. The third-order valence-corrected chi connectivity index (χ3v) is 11.9. The Morgan fingerprint density at radius 1 is 1.15 bits per heavy atom. The van der Waals surface area contributed by atoms with E-state index in [-0.39, 0.29) is 19.3 Å². The predicted octanol–water partition coefficient (Wildman–Crippen LogP) is 5.15. The Morgan fingerprint density at radius 2 is 1.73 bits per heavy atom. The zero-order chi connectivity index (χ0) is 19.6. The number of carboxylic acids is 1. The van der Waals surface area contributed by atoms with Gasteiger partial charge in [-0.15, -0.1) is 0 Å². The highest BCUT2D eigenvalue weighted by Crippen LogP contribution is 2.69. The molecule has 0 aliphatic rings. The van der Waals surface area contributed by atoms with Crippen LogP contribution in [0.1, 0.15) is 32.8 Å². The minimum Gasteiger partial charge on any atom is -0.480 e.